The average Bonchev–Trinajstić information content (AvgIpc) is 2.08. The van der Waals surface area contributed by atoms with E-state index in [1.165, 1.54) is 0 Å². The smallest absolute Gasteiger partial charge is 0.0529 e. The summed E-state index contributed by atoms with van der Waals surface area (Å²) in [5, 5.41) is 3.46. The van der Waals surface area contributed by atoms with E-state index in [-0.39, 0.29) is 5.41 Å². The van der Waals surface area contributed by atoms with Crippen molar-refractivity contribution < 1.29 is 4.74 Å². The highest BCUT2D eigenvalue weighted by atomic mass is 16.5. The van der Waals surface area contributed by atoms with E-state index in [4.69, 9.17) is 4.74 Å². The third-order valence-corrected chi connectivity index (χ3v) is 2.48. The van der Waals surface area contributed by atoms with Gasteiger partial charge in [-0.25, -0.2) is 0 Å². The highest BCUT2D eigenvalue weighted by Crippen LogP contribution is 2.19. The summed E-state index contributed by atoms with van der Waals surface area (Å²) in [4.78, 5) is 0. The zero-order chi connectivity index (χ0) is 12.8. The van der Waals surface area contributed by atoms with Crippen molar-refractivity contribution in [2.24, 2.45) is 10.8 Å². The number of ether oxygens (including phenoxy) is 1. The predicted molar refractivity (Wildman–Crippen MR) is 71.8 cm³/mol. The molecule has 16 heavy (non-hydrogen) atoms. The zero-order valence-electron chi connectivity index (χ0n) is 12.3. The lowest BCUT2D eigenvalue weighted by atomic mass is 9.92. The minimum atomic E-state index is 0.224. The van der Waals surface area contributed by atoms with Crippen molar-refractivity contribution in [2.75, 3.05) is 19.8 Å². The molecule has 1 N–H and O–H groups in total. The van der Waals surface area contributed by atoms with Gasteiger partial charge in [0.1, 0.15) is 0 Å². The summed E-state index contributed by atoms with van der Waals surface area (Å²) in [6.07, 6.45) is 1.13. The van der Waals surface area contributed by atoms with Gasteiger partial charge >= 0.3 is 0 Å². The van der Waals surface area contributed by atoms with Crippen molar-refractivity contribution in [1.82, 2.24) is 5.32 Å². The van der Waals surface area contributed by atoms with E-state index in [9.17, 15) is 0 Å². The van der Waals surface area contributed by atoms with Crippen molar-refractivity contribution in [1.29, 1.82) is 0 Å². The summed E-state index contributed by atoms with van der Waals surface area (Å²) in [7, 11) is 0. The topological polar surface area (TPSA) is 21.3 Å². The van der Waals surface area contributed by atoms with Gasteiger partial charge in [-0.1, -0.05) is 48.5 Å². The van der Waals surface area contributed by atoms with Crippen LogP contribution >= 0.6 is 0 Å². The second kappa shape index (κ2) is 6.61. The molecular formula is C14H31NO. The van der Waals surface area contributed by atoms with E-state index in [0.717, 1.165) is 26.2 Å². The quantitative estimate of drug-likeness (QED) is 0.675. The van der Waals surface area contributed by atoms with Crippen LogP contribution in [0.1, 0.15) is 54.9 Å². The fraction of sp³-hybridized carbons (Fsp3) is 1.00. The SMILES string of the molecule is CC(C)NCC(C)(C)COCCC(C)(C)C. The third kappa shape index (κ3) is 10.4. The molecule has 2 nitrogen and oxygen atoms in total. The normalized spacial score (nSPS) is 13.5. The van der Waals surface area contributed by atoms with Crippen LogP contribution in [0.15, 0.2) is 0 Å². The molecule has 0 spiro atoms. The molecule has 0 heterocycles. The molecule has 0 radical (unpaired) electrons. The predicted octanol–water partition coefficient (Wildman–Crippen LogP) is 3.46. The minimum Gasteiger partial charge on any atom is -0.381 e. The Morgan fingerprint density at radius 1 is 1.06 bits per heavy atom. The van der Waals surface area contributed by atoms with Gasteiger partial charge in [-0.05, 0) is 11.8 Å². The van der Waals surface area contributed by atoms with Crippen molar-refractivity contribution in [3.05, 3.63) is 0 Å². The van der Waals surface area contributed by atoms with Crippen LogP contribution in [-0.2, 0) is 4.74 Å². The van der Waals surface area contributed by atoms with E-state index in [1.807, 2.05) is 0 Å². The van der Waals surface area contributed by atoms with Crippen molar-refractivity contribution in [3.8, 4) is 0 Å². The highest BCUT2D eigenvalue weighted by molar-refractivity contribution is 4.72. The number of hydrogen-bond acceptors (Lipinski definition) is 2. The van der Waals surface area contributed by atoms with Gasteiger partial charge in [-0.3, -0.25) is 0 Å². The lowest BCUT2D eigenvalue weighted by molar-refractivity contribution is 0.0471. The van der Waals surface area contributed by atoms with Crippen LogP contribution in [-0.4, -0.2) is 25.8 Å². The summed E-state index contributed by atoms with van der Waals surface area (Å²) >= 11 is 0. The number of nitrogens with one attached hydrogen (secondary N) is 1. The maximum Gasteiger partial charge on any atom is 0.0529 e. The lowest BCUT2D eigenvalue weighted by Crippen LogP contribution is -2.36. The molecule has 2 heteroatoms. The molecule has 0 fully saturated rings. The average molecular weight is 229 g/mol. The molecule has 0 bridgehead atoms. The molecule has 0 atom stereocenters. The van der Waals surface area contributed by atoms with Crippen LogP contribution < -0.4 is 5.32 Å². The molecule has 0 aliphatic heterocycles. The summed E-state index contributed by atoms with van der Waals surface area (Å²) in [6.45, 7) is 18.3. The lowest BCUT2D eigenvalue weighted by Gasteiger charge is -2.27. The molecule has 0 saturated heterocycles. The van der Waals surface area contributed by atoms with E-state index < -0.39 is 0 Å². The van der Waals surface area contributed by atoms with Crippen LogP contribution in [0.25, 0.3) is 0 Å². The first-order valence-electron chi connectivity index (χ1n) is 6.43. The number of hydrogen-bond donors (Lipinski definition) is 1. The Balaban J connectivity index is 3.66. The van der Waals surface area contributed by atoms with Crippen molar-refractivity contribution in [2.45, 2.75) is 60.9 Å². The first-order valence-corrected chi connectivity index (χ1v) is 6.43. The van der Waals surface area contributed by atoms with Gasteiger partial charge in [0, 0.05) is 24.6 Å². The van der Waals surface area contributed by atoms with Crippen LogP contribution in [0.5, 0.6) is 0 Å². The maximum atomic E-state index is 5.77. The molecule has 0 amide bonds. The van der Waals surface area contributed by atoms with Gasteiger partial charge in [0.05, 0.1) is 6.61 Å². The molecule has 0 saturated carbocycles. The largest absolute Gasteiger partial charge is 0.381 e. The van der Waals surface area contributed by atoms with Gasteiger partial charge in [-0.2, -0.15) is 0 Å². The van der Waals surface area contributed by atoms with Gasteiger partial charge in [0.15, 0.2) is 0 Å². The Hall–Kier alpha value is -0.0800. The van der Waals surface area contributed by atoms with Crippen LogP contribution in [0.2, 0.25) is 0 Å². The number of rotatable bonds is 7. The summed E-state index contributed by atoms with van der Waals surface area (Å²) in [6, 6.07) is 0.550. The first-order chi connectivity index (χ1) is 7.12. The second-order valence-electron chi connectivity index (χ2n) is 7.06. The standard InChI is InChI=1S/C14H31NO/c1-12(2)15-10-14(6,7)11-16-9-8-13(3,4)5/h12,15H,8-11H2,1-7H3. The second-order valence-corrected chi connectivity index (χ2v) is 7.06. The van der Waals surface area contributed by atoms with Gasteiger partial charge < -0.3 is 10.1 Å². The zero-order valence-corrected chi connectivity index (χ0v) is 12.3. The molecule has 0 aliphatic carbocycles. The van der Waals surface area contributed by atoms with Gasteiger partial charge in [0.25, 0.3) is 0 Å². The van der Waals surface area contributed by atoms with Crippen LogP contribution in [0.3, 0.4) is 0 Å². The Morgan fingerprint density at radius 2 is 1.62 bits per heavy atom. The monoisotopic (exact) mass is 229 g/mol. The highest BCUT2D eigenvalue weighted by Gasteiger charge is 2.18. The molecule has 0 aromatic rings. The molecule has 0 unspecified atom stereocenters. The van der Waals surface area contributed by atoms with E-state index in [0.29, 0.717) is 11.5 Å². The molecular weight excluding hydrogens is 198 g/mol. The summed E-state index contributed by atoms with van der Waals surface area (Å²) in [5.74, 6) is 0. The molecule has 0 aromatic carbocycles. The summed E-state index contributed by atoms with van der Waals surface area (Å²) in [5.41, 5.74) is 0.600. The molecule has 0 aliphatic rings. The van der Waals surface area contributed by atoms with E-state index in [1.54, 1.807) is 0 Å². The Kier molecular flexibility index (Phi) is 6.57. The fourth-order valence-electron chi connectivity index (χ4n) is 1.26. The first kappa shape index (κ1) is 15.9. The van der Waals surface area contributed by atoms with E-state index >= 15 is 0 Å². The van der Waals surface area contributed by atoms with Gasteiger partial charge in [-0.15, -0.1) is 0 Å². The Morgan fingerprint density at radius 3 is 2.06 bits per heavy atom. The summed E-state index contributed by atoms with van der Waals surface area (Å²) < 4.78 is 5.77. The Labute approximate surface area is 102 Å². The molecule has 0 aromatic heterocycles. The Bertz CT molecular complexity index is 180. The maximum absolute atomic E-state index is 5.77. The van der Waals surface area contributed by atoms with Gasteiger partial charge in [0.2, 0.25) is 0 Å². The fourth-order valence-corrected chi connectivity index (χ4v) is 1.26. The van der Waals surface area contributed by atoms with Crippen LogP contribution in [0, 0.1) is 10.8 Å². The molecule has 98 valence electrons. The minimum absolute atomic E-state index is 0.224. The molecule has 0 rings (SSSR count). The van der Waals surface area contributed by atoms with Crippen molar-refractivity contribution in [3.63, 3.8) is 0 Å². The van der Waals surface area contributed by atoms with Crippen molar-refractivity contribution >= 4 is 0 Å². The van der Waals surface area contributed by atoms with E-state index in [2.05, 4.69) is 53.8 Å². The van der Waals surface area contributed by atoms with Crippen LogP contribution in [0.4, 0.5) is 0 Å². The third-order valence-electron chi connectivity index (χ3n) is 2.48.